The molecule has 1 aliphatic rings. The van der Waals surface area contributed by atoms with Crippen molar-refractivity contribution in [1.29, 1.82) is 5.41 Å². The van der Waals surface area contributed by atoms with Gasteiger partial charge in [-0.3, -0.25) is 15.0 Å². The molecule has 1 saturated heterocycles. The summed E-state index contributed by atoms with van der Waals surface area (Å²) in [6.07, 6.45) is 2.21. The summed E-state index contributed by atoms with van der Waals surface area (Å²) in [5.74, 6) is -0.221. The number of nitrogens with two attached hydrogens (primary N) is 1. The Hall–Kier alpha value is -2.65. The van der Waals surface area contributed by atoms with E-state index in [2.05, 4.69) is 15.0 Å². The van der Waals surface area contributed by atoms with E-state index in [1.165, 1.54) is 18.4 Å². The van der Waals surface area contributed by atoms with E-state index >= 15 is 0 Å². The first-order chi connectivity index (χ1) is 13.0. The number of carbonyl (C=O) groups excluding carboxylic acids is 2. The van der Waals surface area contributed by atoms with Crippen LogP contribution < -0.4 is 15.8 Å². The highest BCUT2D eigenvalue weighted by atomic mass is 35.5. The van der Waals surface area contributed by atoms with Crippen molar-refractivity contribution in [3.05, 3.63) is 35.3 Å². The Morgan fingerprint density at radius 2 is 2.11 bits per heavy atom. The Kier molecular flexibility index (Phi) is 7.36. The van der Waals surface area contributed by atoms with Gasteiger partial charge in [0.1, 0.15) is 23.2 Å². The molecule has 2 aromatic rings. The number of hydrogen-bond donors (Lipinski definition) is 3. The number of nitrogens with zero attached hydrogens (tertiary/aromatic N) is 1. The zero-order valence-corrected chi connectivity index (χ0v) is 16.8. The third-order valence-electron chi connectivity index (χ3n) is 4.25. The van der Waals surface area contributed by atoms with Crippen molar-refractivity contribution >= 4 is 41.5 Å². The predicted octanol–water partition coefficient (Wildman–Crippen LogP) is 1.96. The van der Waals surface area contributed by atoms with Crippen LogP contribution in [0.5, 0.6) is 5.75 Å². The standard InChI is InChI=1S/C18H20N4O4S.ClH/c1-25-15(23)7-11-6-12(22-17(11)24)9-26-13-4-2-10(3-5-13)18-21-8-14(27-18)16(19)20;/h2-5,8,11-12H,6-7,9H2,1H3,(H3,19,20)(H,22,24);1H/t11-,12-;/m0./s1. The van der Waals surface area contributed by atoms with E-state index in [-0.39, 0.29) is 48.5 Å². The van der Waals surface area contributed by atoms with Crippen LogP contribution in [-0.2, 0) is 14.3 Å². The maximum atomic E-state index is 11.9. The SMILES string of the molecule is COC(=O)C[C@@H]1C[C@@H](COc2ccc(-c3ncc(C(=N)N)s3)cc2)NC1=O.Cl. The van der Waals surface area contributed by atoms with Crippen molar-refractivity contribution in [3.63, 3.8) is 0 Å². The molecule has 1 amide bonds. The van der Waals surface area contributed by atoms with Crippen LogP contribution in [0.15, 0.2) is 30.5 Å². The number of hydrogen-bond acceptors (Lipinski definition) is 7. The van der Waals surface area contributed by atoms with Gasteiger partial charge < -0.3 is 20.5 Å². The Morgan fingerprint density at radius 3 is 2.71 bits per heavy atom. The van der Waals surface area contributed by atoms with Crippen LogP contribution in [0, 0.1) is 11.3 Å². The molecular formula is C18H21ClN4O4S. The van der Waals surface area contributed by atoms with Gasteiger partial charge >= 0.3 is 5.97 Å². The highest BCUT2D eigenvalue weighted by Crippen LogP contribution is 2.27. The lowest BCUT2D eigenvalue weighted by molar-refractivity contribution is -0.143. The summed E-state index contributed by atoms with van der Waals surface area (Å²) in [5, 5.41) is 11.1. The molecular weight excluding hydrogens is 404 g/mol. The highest BCUT2D eigenvalue weighted by molar-refractivity contribution is 7.16. The second-order valence-electron chi connectivity index (χ2n) is 6.20. The smallest absolute Gasteiger partial charge is 0.306 e. The average Bonchev–Trinajstić information content (AvgIpc) is 3.28. The van der Waals surface area contributed by atoms with Crippen molar-refractivity contribution in [2.75, 3.05) is 13.7 Å². The quantitative estimate of drug-likeness (QED) is 0.354. The number of esters is 1. The summed E-state index contributed by atoms with van der Waals surface area (Å²) in [6.45, 7) is 0.328. The van der Waals surface area contributed by atoms with Crippen molar-refractivity contribution in [1.82, 2.24) is 10.3 Å². The Bertz CT molecular complexity index is 856. The fraction of sp³-hybridized carbons (Fsp3) is 0.333. The minimum absolute atomic E-state index is 0. The summed E-state index contributed by atoms with van der Waals surface area (Å²) in [5.41, 5.74) is 6.37. The summed E-state index contributed by atoms with van der Waals surface area (Å²) < 4.78 is 10.4. The van der Waals surface area contributed by atoms with Crippen LogP contribution in [0.1, 0.15) is 17.7 Å². The molecule has 0 saturated carbocycles. The maximum absolute atomic E-state index is 11.9. The summed E-state index contributed by atoms with van der Waals surface area (Å²) in [7, 11) is 1.31. The third-order valence-corrected chi connectivity index (χ3v) is 5.33. The zero-order valence-electron chi connectivity index (χ0n) is 15.1. The van der Waals surface area contributed by atoms with Gasteiger partial charge in [0.2, 0.25) is 5.91 Å². The molecule has 1 aliphatic heterocycles. The topological polar surface area (TPSA) is 127 Å². The third kappa shape index (κ3) is 5.20. The molecule has 1 aromatic heterocycles. The van der Waals surface area contributed by atoms with E-state index < -0.39 is 0 Å². The Morgan fingerprint density at radius 1 is 1.39 bits per heavy atom. The first-order valence-electron chi connectivity index (χ1n) is 8.37. The molecule has 2 heterocycles. The molecule has 1 aromatic carbocycles. The monoisotopic (exact) mass is 424 g/mol. The van der Waals surface area contributed by atoms with Gasteiger partial charge in [-0.05, 0) is 30.7 Å². The normalized spacial score (nSPS) is 18.1. The number of methoxy groups -OCH3 is 1. The Labute approximate surface area is 172 Å². The number of halogens is 1. The number of amides is 1. The molecule has 2 atom stereocenters. The number of rotatable bonds is 7. The molecule has 8 nitrogen and oxygen atoms in total. The maximum Gasteiger partial charge on any atom is 0.306 e. The van der Waals surface area contributed by atoms with Crippen LogP contribution in [0.25, 0.3) is 10.6 Å². The number of ether oxygens (including phenoxy) is 2. The predicted molar refractivity (Wildman–Crippen MR) is 108 cm³/mol. The average molecular weight is 425 g/mol. The minimum Gasteiger partial charge on any atom is -0.491 e. The zero-order chi connectivity index (χ0) is 19.4. The van der Waals surface area contributed by atoms with E-state index in [0.717, 1.165) is 10.6 Å². The van der Waals surface area contributed by atoms with Gasteiger partial charge in [0.15, 0.2) is 0 Å². The van der Waals surface area contributed by atoms with Crippen molar-refractivity contribution < 1.29 is 19.1 Å². The van der Waals surface area contributed by atoms with Gasteiger partial charge in [0.25, 0.3) is 0 Å². The van der Waals surface area contributed by atoms with Gasteiger partial charge in [-0.15, -0.1) is 23.7 Å². The Balaban J connectivity index is 0.00000280. The highest BCUT2D eigenvalue weighted by Gasteiger charge is 2.34. The molecule has 0 aliphatic carbocycles. The molecule has 4 N–H and O–H groups in total. The number of benzene rings is 1. The van der Waals surface area contributed by atoms with Gasteiger partial charge in [0, 0.05) is 11.8 Å². The largest absolute Gasteiger partial charge is 0.491 e. The van der Waals surface area contributed by atoms with Gasteiger partial charge in [-0.25, -0.2) is 4.98 Å². The number of thiazole rings is 1. The van der Waals surface area contributed by atoms with E-state index in [9.17, 15) is 9.59 Å². The van der Waals surface area contributed by atoms with Crippen LogP contribution in [0.3, 0.4) is 0 Å². The molecule has 0 spiro atoms. The molecule has 10 heteroatoms. The number of carbonyl (C=O) groups is 2. The molecule has 3 rings (SSSR count). The lowest BCUT2D eigenvalue weighted by Crippen LogP contribution is -2.31. The lowest BCUT2D eigenvalue weighted by atomic mass is 10.0. The summed E-state index contributed by atoms with van der Waals surface area (Å²) >= 11 is 1.35. The van der Waals surface area contributed by atoms with Crippen molar-refractivity contribution in [2.45, 2.75) is 18.9 Å². The molecule has 0 bridgehead atoms. The van der Waals surface area contributed by atoms with Crippen LogP contribution in [0.4, 0.5) is 0 Å². The van der Waals surface area contributed by atoms with Gasteiger partial charge in [-0.2, -0.15) is 0 Å². The summed E-state index contributed by atoms with van der Waals surface area (Å²) in [6, 6.07) is 7.28. The molecule has 0 unspecified atom stereocenters. The second-order valence-corrected chi connectivity index (χ2v) is 7.23. The fourth-order valence-electron chi connectivity index (χ4n) is 2.82. The van der Waals surface area contributed by atoms with E-state index in [0.29, 0.717) is 23.7 Å². The van der Waals surface area contributed by atoms with Crippen molar-refractivity contribution in [2.24, 2.45) is 11.7 Å². The molecule has 1 fully saturated rings. The minimum atomic E-state index is -0.387. The number of aromatic nitrogens is 1. The molecule has 28 heavy (non-hydrogen) atoms. The summed E-state index contributed by atoms with van der Waals surface area (Å²) in [4.78, 5) is 28.1. The van der Waals surface area contributed by atoms with Crippen molar-refractivity contribution in [3.8, 4) is 16.3 Å². The second kappa shape index (κ2) is 9.52. The first kappa shape index (κ1) is 21.6. The molecule has 150 valence electrons. The van der Waals surface area contributed by atoms with E-state index in [4.69, 9.17) is 15.9 Å². The number of nitrogen functional groups attached to an aromatic ring is 1. The number of amidine groups is 1. The molecule has 0 radical (unpaired) electrons. The van der Waals surface area contributed by atoms with E-state index in [1.54, 1.807) is 6.20 Å². The fourth-order valence-corrected chi connectivity index (χ4v) is 3.60. The van der Waals surface area contributed by atoms with Crippen LogP contribution in [0.2, 0.25) is 0 Å². The number of nitrogens with one attached hydrogen (secondary N) is 2. The van der Waals surface area contributed by atoms with E-state index in [1.807, 2.05) is 24.3 Å². The van der Waals surface area contributed by atoms with Gasteiger partial charge in [-0.1, -0.05) is 0 Å². The van der Waals surface area contributed by atoms with Crippen LogP contribution >= 0.6 is 23.7 Å². The first-order valence-corrected chi connectivity index (χ1v) is 9.18. The van der Waals surface area contributed by atoms with Gasteiger partial charge in [0.05, 0.1) is 30.4 Å². The lowest BCUT2D eigenvalue weighted by Gasteiger charge is -2.12. The van der Waals surface area contributed by atoms with Crippen LogP contribution in [-0.4, -0.2) is 42.5 Å².